The highest BCUT2D eigenvalue weighted by Gasteiger charge is 2.27. The highest BCUT2D eigenvalue weighted by molar-refractivity contribution is 9.10. The molecule has 0 aliphatic carbocycles. The van der Waals surface area contributed by atoms with Crippen molar-refractivity contribution in [2.45, 2.75) is 32.2 Å². The summed E-state index contributed by atoms with van der Waals surface area (Å²) in [4.78, 5) is 14.6. The van der Waals surface area contributed by atoms with Crippen LogP contribution in [0.3, 0.4) is 0 Å². The van der Waals surface area contributed by atoms with Crippen LogP contribution < -0.4 is 5.32 Å². The van der Waals surface area contributed by atoms with E-state index in [0.29, 0.717) is 6.42 Å². The van der Waals surface area contributed by atoms with Crippen LogP contribution in [0.15, 0.2) is 28.7 Å². The molecule has 1 atom stereocenters. The molecule has 1 N–H and O–H groups in total. The fourth-order valence-electron chi connectivity index (χ4n) is 2.64. The van der Waals surface area contributed by atoms with Gasteiger partial charge in [-0.15, -0.1) is 0 Å². The zero-order valence-electron chi connectivity index (χ0n) is 12.2. The Morgan fingerprint density at radius 1 is 1.43 bits per heavy atom. The van der Waals surface area contributed by atoms with Crippen molar-refractivity contribution >= 4 is 27.5 Å². The van der Waals surface area contributed by atoms with Crippen molar-refractivity contribution in [1.82, 2.24) is 4.90 Å². The second kappa shape index (κ2) is 7.58. The van der Waals surface area contributed by atoms with Gasteiger partial charge in [0.25, 0.3) is 0 Å². The molecule has 1 aromatic carbocycles. The van der Waals surface area contributed by atoms with E-state index in [1.54, 1.807) is 0 Å². The number of halogens is 1. The molecule has 1 aliphatic heterocycles. The van der Waals surface area contributed by atoms with E-state index < -0.39 is 0 Å². The quantitative estimate of drug-likeness (QED) is 0.906. The fourth-order valence-corrected chi connectivity index (χ4v) is 2.91. The molecule has 21 heavy (non-hydrogen) atoms. The normalized spacial score (nSPS) is 18.0. The van der Waals surface area contributed by atoms with Gasteiger partial charge in [0.2, 0.25) is 5.91 Å². The van der Waals surface area contributed by atoms with Crippen LogP contribution in [-0.2, 0) is 4.79 Å². The van der Waals surface area contributed by atoms with Crippen molar-refractivity contribution in [3.8, 4) is 6.07 Å². The lowest BCUT2D eigenvalue weighted by molar-refractivity contribution is -0.121. The average molecular weight is 350 g/mol. The van der Waals surface area contributed by atoms with E-state index in [1.165, 1.54) is 0 Å². The number of amides is 1. The van der Waals surface area contributed by atoms with Gasteiger partial charge >= 0.3 is 0 Å². The number of likely N-dealkylation sites (tertiary alicyclic amines) is 1. The minimum absolute atomic E-state index is 0.0687. The first-order valence-corrected chi connectivity index (χ1v) is 8.07. The van der Waals surface area contributed by atoms with Gasteiger partial charge in [0.1, 0.15) is 0 Å². The predicted octanol–water partition coefficient (Wildman–Crippen LogP) is 3.40. The summed E-state index contributed by atoms with van der Waals surface area (Å²) >= 11 is 3.38. The second-order valence-corrected chi connectivity index (χ2v) is 6.43. The van der Waals surface area contributed by atoms with Gasteiger partial charge in [-0.25, -0.2) is 0 Å². The highest BCUT2D eigenvalue weighted by Crippen LogP contribution is 2.22. The standard InChI is InChI=1S/C16H20BrN3O/c1-12(6-9-18)20-10-7-13(8-11-20)16(21)19-15-4-2-14(17)3-5-15/h2-5,12-13H,6-8,10-11H2,1H3,(H,19,21). The summed E-state index contributed by atoms with van der Waals surface area (Å²) in [5.41, 5.74) is 0.837. The number of piperidine rings is 1. The Bertz CT molecular complexity index is 515. The number of rotatable bonds is 4. The Balaban J connectivity index is 1.83. The molecule has 5 heteroatoms. The number of carbonyl (C=O) groups is 1. The Labute approximate surface area is 134 Å². The van der Waals surface area contributed by atoms with E-state index in [0.717, 1.165) is 36.1 Å². The van der Waals surface area contributed by atoms with Gasteiger partial charge in [0.05, 0.1) is 12.5 Å². The van der Waals surface area contributed by atoms with Crippen molar-refractivity contribution in [1.29, 1.82) is 5.26 Å². The fraction of sp³-hybridized carbons (Fsp3) is 0.500. The van der Waals surface area contributed by atoms with E-state index in [4.69, 9.17) is 5.26 Å². The van der Waals surface area contributed by atoms with Gasteiger partial charge in [0, 0.05) is 22.1 Å². The van der Waals surface area contributed by atoms with Gasteiger partial charge in [-0.1, -0.05) is 15.9 Å². The monoisotopic (exact) mass is 349 g/mol. The summed E-state index contributed by atoms with van der Waals surface area (Å²) in [7, 11) is 0. The number of hydrogen-bond acceptors (Lipinski definition) is 3. The molecule has 1 amide bonds. The van der Waals surface area contributed by atoms with Gasteiger partial charge < -0.3 is 5.32 Å². The summed E-state index contributed by atoms with van der Waals surface area (Å²) in [6.07, 6.45) is 2.27. The van der Waals surface area contributed by atoms with E-state index in [1.807, 2.05) is 24.3 Å². The average Bonchev–Trinajstić information content (AvgIpc) is 2.50. The number of nitrogens with zero attached hydrogens (tertiary/aromatic N) is 2. The van der Waals surface area contributed by atoms with Crippen molar-refractivity contribution in [3.05, 3.63) is 28.7 Å². The minimum Gasteiger partial charge on any atom is -0.326 e. The van der Waals surface area contributed by atoms with Gasteiger partial charge in [0.15, 0.2) is 0 Å². The predicted molar refractivity (Wildman–Crippen MR) is 86.8 cm³/mol. The van der Waals surface area contributed by atoms with Gasteiger partial charge in [-0.2, -0.15) is 5.26 Å². The molecule has 1 saturated heterocycles. The molecule has 1 heterocycles. The molecular weight excluding hydrogens is 330 g/mol. The van der Waals surface area contributed by atoms with E-state index in [9.17, 15) is 4.79 Å². The largest absolute Gasteiger partial charge is 0.326 e. The van der Waals surface area contributed by atoms with Crippen LogP contribution in [0.25, 0.3) is 0 Å². The number of hydrogen-bond donors (Lipinski definition) is 1. The summed E-state index contributed by atoms with van der Waals surface area (Å²) in [5, 5.41) is 11.7. The molecule has 2 rings (SSSR count). The van der Waals surface area contributed by atoms with E-state index >= 15 is 0 Å². The maximum Gasteiger partial charge on any atom is 0.227 e. The van der Waals surface area contributed by atoms with Gasteiger partial charge in [-0.3, -0.25) is 9.69 Å². The van der Waals surface area contributed by atoms with Crippen LogP contribution in [0.5, 0.6) is 0 Å². The van der Waals surface area contributed by atoms with Crippen LogP contribution in [0.4, 0.5) is 5.69 Å². The smallest absolute Gasteiger partial charge is 0.227 e. The lowest BCUT2D eigenvalue weighted by Crippen LogP contribution is -2.42. The topological polar surface area (TPSA) is 56.1 Å². The van der Waals surface area contributed by atoms with Crippen molar-refractivity contribution in [3.63, 3.8) is 0 Å². The lowest BCUT2D eigenvalue weighted by atomic mass is 9.94. The minimum atomic E-state index is 0.0687. The molecule has 0 radical (unpaired) electrons. The summed E-state index contributed by atoms with van der Waals surface area (Å²) in [5.74, 6) is 0.170. The third-order valence-electron chi connectivity index (χ3n) is 4.02. The lowest BCUT2D eigenvalue weighted by Gasteiger charge is -2.34. The summed E-state index contributed by atoms with van der Waals surface area (Å²) in [6.45, 7) is 3.86. The first-order valence-electron chi connectivity index (χ1n) is 7.27. The molecular formula is C16H20BrN3O. The molecule has 1 fully saturated rings. The third-order valence-corrected chi connectivity index (χ3v) is 4.55. The first-order chi connectivity index (χ1) is 10.1. The van der Waals surface area contributed by atoms with Crippen LogP contribution >= 0.6 is 15.9 Å². The van der Waals surface area contributed by atoms with Crippen LogP contribution in [0.2, 0.25) is 0 Å². The Kier molecular flexibility index (Phi) is 5.77. The summed E-state index contributed by atoms with van der Waals surface area (Å²) < 4.78 is 1.00. The van der Waals surface area contributed by atoms with Gasteiger partial charge in [-0.05, 0) is 57.1 Å². The molecule has 0 bridgehead atoms. The maximum absolute atomic E-state index is 12.3. The first kappa shape index (κ1) is 16.0. The number of nitriles is 1. The number of carbonyl (C=O) groups excluding carboxylic acids is 1. The molecule has 0 aromatic heterocycles. The second-order valence-electron chi connectivity index (χ2n) is 5.52. The van der Waals surface area contributed by atoms with Crippen LogP contribution in [0, 0.1) is 17.2 Å². The summed E-state index contributed by atoms with van der Waals surface area (Å²) in [6, 6.07) is 10.1. The molecule has 1 aromatic rings. The van der Waals surface area contributed by atoms with Crippen molar-refractivity contribution in [2.24, 2.45) is 5.92 Å². The molecule has 4 nitrogen and oxygen atoms in total. The molecule has 0 spiro atoms. The van der Waals surface area contributed by atoms with Crippen LogP contribution in [-0.4, -0.2) is 29.9 Å². The van der Waals surface area contributed by atoms with E-state index in [2.05, 4.69) is 39.1 Å². The van der Waals surface area contributed by atoms with E-state index in [-0.39, 0.29) is 17.9 Å². The Hall–Kier alpha value is -1.38. The molecule has 1 aliphatic rings. The SMILES string of the molecule is CC(CC#N)N1CCC(C(=O)Nc2ccc(Br)cc2)CC1. The zero-order valence-corrected chi connectivity index (χ0v) is 13.8. The van der Waals surface area contributed by atoms with Crippen molar-refractivity contribution in [2.75, 3.05) is 18.4 Å². The molecule has 1 unspecified atom stereocenters. The number of benzene rings is 1. The Morgan fingerprint density at radius 3 is 2.62 bits per heavy atom. The zero-order chi connectivity index (χ0) is 15.2. The third kappa shape index (κ3) is 4.55. The van der Waals surface area contributed by atoms with Crippen molar-refractivity contribution < 1.29 is 4.79 Å². The maximum atomic E-state index is 12.3. The highest BCUT2D eigenvalue weighted by atomic mass is 79.9. The molecule has 112 valence electrons. The number of nitrogens with one attached hydrogen (secondary N) is 1. The number of anilines is 1. The molecule has 0 saturated carbocycles. The Morgan fingerprint density at radius 2 is 2.05 bits per heavy atom. The van der Waals surface area contributed by atoms with Crippen LogP contribution in [0.1, 0.15) is 26.2 Å².